The number of pyridine rings is 2. The van der Waals surface area contributed by atoms with Gasteiger partial charge in [0.1, 0.15) is 27.4 Å². The van der Waals surface area contributed by atoms with Gasteiger partial charge in [-0.25, -0.2) is 13.4 Å². The first kappa shape index (κ1) is 96.7. The molecular weight excluding hydrogens is 1860 g/mol. The number of ether oxygens (including phenoxy) is 1. The summed E-state index contributed by atoms with van der Waals surface area (Å²) in [6, 6.07) is 159. The number of imidazole rings is 1. The Hall–Kier alpha value is -14.9. The highest BCUT2D eigenvalue weighted by Gasteiger charge is 2.37. The average molecular weight is 1950 g/mol. The molecule has 0 N–H and O–H groups in total. The summed E-state index contributed by atoms with van der Waals surface area (Å²) in [5, 5.41) is 68.4. The van der Waals surface area contributed by atoms with Crippen LogP contribution in [0.4, 0.5) is 0 Å². The molecule has 0 fully saturated rings. The average Bonchev–Trinajstić information content (AvgIpc) is 0.953. The van der Waals surface area contributed by atoms with Crippen molar-refractivity contribution in [3.63, 3.8) is 0 Å². The van der Waals surface area contributed by atoms with Crippen LogP contribution in [0.3, 0.4) is 0 Å². The van der Waals surface area contributed by atoms with Gasteiger partial charge in [0.05, 0.1) is 27.0 Å². The fourth-order valence-electron chi connectivity index (χ4n) is 17.0. The summed E-state index contributed by atoms with van der Waals surface area (Å²) in [5.74, 6) is 2.04. The predicted molar refractivity (Wildman–Crippen MR) is 581 cm³/mol. The van der Waals surface area contributed by atoms with Gasteiger partial charge in [0.25, 0.3) is 0 Å². The Bertz CT molecular complexity index is 7680. The number of hydrogen-bond donors (Lipinski definition) is 0. The van der Waals surface area contributed by atoms with Crippen LogP contribution in [-0.2, 0) is 47.8 Å². The van der Waals surface area contributed by atoms with Gasteiger partial charge in [-0.05, 0) is 147 Å². The van der Waals surface area contributed by atoms with Gasteiger partial charge in [0.2, 0.25) is 0 Å². The van der Waals surface area contributed by atoms with Crippen LogP contribution in [-0.4, -0.2) is 32.5 Å². The number of para-hydroxylation sites is 7. The molecule has 0 spiro atoms. The van der Waals surface area contributed by atoms with E-state index in [9.17, 15) is 33.4 Å². The SMILES string of the molecule is CC1(C)c2cccc([O-])c2Oc2c(P(c3ccccc3)c3ccccc3)cccc21.Cn1c(-c2ccccc2[O-])nc2ccccc21.O=S(=O)([O-])c1ccccc1P(c1ccccc1)c1ccccc1.[O-]c1cccc2cccc(P(c3ccccc3)c3ccccc3)c12.[O-]c1cccc2cccnc12.[S-]c1cccc2cccc(P(c3ccccc3)c3ccccc3)c12.[S-]c1cccc2cccnc12. The lowest BCUT2D eigenvalue weighted by molar-refractivity contribution is -0.270. The van der Waals surface area contributed by atoms with E-state index in [1.54, 1.807) is 60.9 Å². The van der Waals surface area contributed by atoms with Gasteiger partial charge in [-0.1, -0.05) is 486 Å². The molecule has 0 amide bonds. The van der Waals surface area contributed by atoms with Crippen LogP contribution in [0.5, 0.6) is 34.5 Å². The maximum absolute atomic E-state index is 12.7. The molecule has 0 atom stereocenters. The van der Waals surface area contributed by atoms with E-state index in [0.717, 1.165) is 91.8 Å². The Morgan fingerprint density at radius 1 is 0.300 bits per heavy atom. The first-order chi connectivity index (χ1) is 68.4. The van der Waals surface area contributed by atoms with E-state index in [1.165, 1.54) is 60.0 Å². The molecule has 1 aliphatic heterocycles. The molecule has 0 bridgehead atoms. The number of fused-ring (bicyclic) bond motifs is 7. The predicted octanol–water partition coefficient (Wildman–Crippen LogP) is 21.2. The molecule has 19 heteroatoms. The number of hydrogen-bond acceptors (Lipinski definition) is 13. The zero-order valence-electron chi connectivity index (χ0n) is 76.4. The normalized spacial score (nSPS) is 11.6. The second-order valence-electron chi connectivity index (χ2n) is 32.9. The molecule has 140 heavy (non-hydrogen) atoms. The van der Waals surface area contributed by atoms with Crippen LogP contribution in [0.25, 0.3) is 65.8 Å². The summed E-state index contributed by atoms with van der Waals surface area (Å²) in [7, 11) is -5.93. The van der Waals surface area contributed by atoms with Crippen LogP contribution >= 0.6 is 31.7 Å². The van der Waals surface area contributed by atoms with Gasteiger partial charge < -0.3 is 59.5 Å². The number of aromatic nitrogens is 4. The van der Waals surface area contributed by atoms with Crippen molar-refractivity contribution >= 4 is 185 Å². The number of nitrogens with zero attached hydrogens (tertiary/aromatic N) is 4. The zero-order valence-corrected chi connectivity index (χ0v) is 82.4. The lowest BCUT2D eigenvalue weighted by atomic mass is 9.75. The highest BCUT2D eigenvalue weighted by atomic mass is 32.2. The maximum Gasteiger partial charge on any atom is 0.140 e. The Morgan fingerprint density at radius 2 is 0.629 bits per heavy atom. The van der Waals surface area contributed by atoms with Gasteiger partial charge >= 0.3 is 0 Å². The summed E-state index contributed by atoms with van der Waals surface area (Å²) >= 11 is 10.8. The van der Waals surface area contributed by atoms with E-state index in [2.05, 4.69) is 241 Å². The highest BCUT2D eigenvalue weighted by Crippen LogP contribution is 2.53. The summed E-state index contributed by atoms with van der Waals surface area (Å²) < 4.78 is 43.4. The summed E-state index contributed by atoms with van der Waals surface area (Å²) in [5.41, 5.74) is 5.82. The smallest absolute Gasteiger partial charge is 0.140 e. The molecule has 0 radical (unpaired) electrons. The molecule has 19 aromatic carbocycles. The molecule has 0 aliphatic carbocycles. The second-order valence-corrected chi connectivity index (χ2v) is 43.8. The van der Waals surface area contributed by atoms with E-state index >= 15 is 0 Å². The molecule has 0 saturated carbocycles. The molecule has 0 unspecified atom stereocenters. The Kier molecular flexibility index (Phi) is 31.5. The van der Waals surface area contributed by atoms with Crippen LogP contribution in [0, 0.1) is 0 Å². The zero-order chi connectivity index (χ0) is 96.9. The van der Waals surface area contributed by atoms with Crippen LogP contribution < -0.4 is 88.8 Å². The third-order valence-corrected chi connectivity index (χ3v) is 35.2. The highest BCUT2D eigenvalue weighted by molar-refractivity contribution is 7.88. The molecular formula is C121H91N4O8P4S3-7. The monoisotopic (exact) mass is 1950 g/mol. The Balaban J connectivity index is 0.000000115. The van der Waals surface area contributed by atoms with Crippen molar-refractivity contribution in [2.24, 2.45) is 7.05 Å². The van der Waals surface area contributed by atoms with E-state index in [-0.39, 0.29) is 33.3 Å². The standard InChI is InChI=1S/C27H23O2P.C22H17OP.C22H17PS.C18H15O3PS.C14H12N2O.C9H7NO.C9H7NS/c1-27(2)21-15-9-17-23(28)25(21)29-26-22(27)16-10-18-24(26)30(19-11-5-3-6-12-19)20-13-7-4-8-14-20;23-20-15-7-9-17-10-8-16-21(22(17)20)24(18-11-3-1-4-12-18)19-13-5-2-6-14-19;24-21-16-8-10-17-9-7-15-20(22(17)21)23(18-11-3-1-4-12-18)19-13-5-2-6-14-19;19-23(20,21)18-14-8-7-13-17(18)22(15-9-3-1-4-10-15)16-11-5-2-6-12-16;1-16-12-8-4-3-7-11(12)15-14(16)10-6-2-5-9-13(10)17;2*11-8-5-1-3-7-4-2-6-10-9(7)8/h3-18,28H,1-2H3;1-16,23H;1-16,24H;1-14H,(H,19,20,21);2-9,17H,1H3;2*1-6,11H/p-7. The van der Waals surface area contributed by atoms with Gasteiger partial charge in [0.15, 0.2) is 0 Å². The van der Waals surface area contributed by atoms with Crippen LogP contribution in [0.1, 0.15) is 25.0 Å². The van der Waals surface area contributed by atoms with Gasteiger partial charge in [-0.3, -0.25) is 9.97 Å². The number of aryl methyl sites for hydroxylation is 1. The molecule has 3 aromatic heterocycles. The number of rotatable bonds is 14. The van der Waals surface area contributed by atoms with E-state index in [0.29, 0.717) is 22.1 Å². The summed E-state index contributed by atoms with van der Waals surface area (Å²) in [4.78, 5) is 14.3. The molecule has 22 aromatic rings. The van der Waals surface area contributed by atoms with Crippen molar-refractivity contribution in [1.82, 2.24) is 19.5 Å². The Morgan fingerprint density at radius 3 is 1.10 bits per heavy atom. The first-order valence-electron chi connectivity index (χ1n) is 45.2. The van der Waals surface area contributed by atoms with Gasteiger partial charge in [-0.15, -0.1) is 10.6 Å². The summed E-state index contributed by atoms with van der Waals surface area (Å²) in [6.07, 6.45) is 3.39. The minimum atomic E-state index is -4.53. The maximum atomic E-state index is 12.7. The lowest BCUT2D eigenvalue weighted by Crippen LogP contribution is -2.30. The van der Waals surface area contributed by atoms with Gasteiger partial charge in [-0.2, -0.15) is 4.90 Å². The molecule has 12 nitrogen and oxygen atoms in total. The second kappa shape index (κ2) is 45.6. The molecule has 0 saturated heterocycles. The molecule has 688 valence electrons. The van der Waals surface area contributed by atoms with E-state index in [1.807, 2.05) is 224 Å². The van der Waals surface area contributed by atoms with E-state index in [4.69, 9.17) is 30.0 Å². The van der Waals surface area contributed by atoms with Crippen LogP contribution in [0.2, 0.25) is 0 Å². The van der Waals surface area contributed by atoms with Crippen molar-refractivity contribution in [1.29, 1.82) is 0 Å². The lowest BCUT2D eigenvalue weighted by Gasteiger charge is -2.38. The van der Waals surface area contributed by atoms with Crippen molar-refractivity contribution in [3.8, 4) is 45.9 Å². The molecule has 1 aliphatic rings. The minimum Gasteiger partial charge on any atom is -0.872 e. The molecule has 23 rings (SSSR count). The van der Waals surface area contributed by atoms with Gasteiger partial charge in [0, 0.05) is 52.2 Å². The fraction of sp³-hybridized carbons (Fsp3) is 0.0331. The Labute approximate surface area is 832 Å². The quantitative estimate of drug-likeness (QED) is 0.0566. The van der Waals surface area contributed by atoms with Crippen molar-refractivity contribution in [2.45, 2.75) is 33.9 Å². The van der Waals surface area contributed by atoms with E-state index < -0.39 is 41.8 Å². The van der Waals surface area contributed by atoms with Crippen molar-refractivity contribution in [2.75, 3.05) is 0 Å². The molecule has 4 heterocycles. The topological polar surface area (TPSA) is 202 Å². The van der Waals surface area contributed by atoms with Crippen molar-refractivity contribution < 1.29 is 38.1 Å². The minimum absolute atomic E-state index is 0.00547. The van der Waals surface area contributed by atoms with Crippen LogP contribution in [0.15, 0.2) is 512 Å². The third-order valence-electron chi connectivity index (χ3n) is 23.5. The third kappa shape index (κ3) is 22.4. The fourth-order valence-corrected chi connectivity index (χ4v) is 28.5. The summed E-state index contributed by atoms with van der Waals surface area (Å²) in [6.45, 7) is 4.34. The number of benzene rings is 19. The largest absolute Gasteiger partial charge is 0.872 e. The van der Waals surface area contributed by atoms with Crippen molar-refractivity contribution in [3.05, 3.63) is 509 Å². The first-order valence-corrected chi connectivity index (χ1v) is 52.8.